The minimum absolute atomic E-state index is 0.0138. The molecule has 2 atom stereocenters. The smallest absolute Gasteiger partial charge is 0.320 e. The summed E-state index contributed by atoms with van der Waals surface area (Å²) in [6.45, 7) is 0.898. The molecule has 0 aromatic rings. The van der Waals surface area contributed by atoms with Gasteiger partial charge in [-0.2, -0.15) is 0 Å². The summed E-state index contributed by atoms with van der Waals surface area (Å²) in [7, 11) is 3.90. The number of unbranched alkanes of at least 4 members (excludes halogenated alkanes) is 2. The molecule has 3 amide bonds. The Labute approximate surface area is 271 Å². The summed E-state index contributed by atoms with van der Waals surface area (Å²) in [6.07, 6.45) is 5.65. The fraction of sp³-hybridized carbons (Fsp3) is 0.786. The lowest BCUT2D eigenvalue weighted by Crippen LogP contribution is -2.46. The Morgan fingerprint density at radius 1 is 0.711 bits per heavy atom. The van der Waals surface area contributed by atoms with Crippen molar-refractivity contribution in [1.29, 1.82) is 0 Å². The first-order valence-corrected chi connectivity index (χ1v) is 17.6. The molecule has 0 saturated carbocycles. The van der Waals surface area contributed by atoms with Gasteiger partial charge in [0.05, 0.1) is 39.5 Å². The second-order valence-electron chi connectivity index (χ2n) is 10.4. The summed E-state index contributed by atoms with van der Waals surface area (Å²) >= 11 is 0. The molecule has 1 aliphatic rings. The van der Waals surface area contributed by atoms with Gasteiger partial charge in [0.15, 0.2) is 0 Å². The van der Waals surface area contributed by atoms with Crippen LogP contribution in [-0.2, 0) is 38.2 Å². The third kappa shape index (κ3) is 22.5. The zero-order valence-electron chi connectivity index (χ0n) is 25.7. The standard InChI is InChI=1S/C28H48N4O11S2/c33-23(7-2-1-5-21-10-18-44-45-21)30-12-14-42-16-17-43-15-13-31-25(35)9-8-24(34)29-11-4-3-6-22(28(40)41)32(19-26(36)37)20-27(38)39/h21-22H,1-20H2,(H,29,34)(H,30,33)(H,31,35)(H,36,37)(H,38,39)(H,40,41). The Morgan fingerprint density at radius 3 is 1.78 bits per heavy atom. The number of rotatable bonds is 28. The summed E-state index contributed by atoms with van der Waals surface area (Å²) in [5.41, 5.74) is 0. The van der Waals surface area contributed by atoms with Gasteiger partial charge in [0.2, 0.25) is 17.7 Å². The predicted octanol–water partition coefficient (Wildman–Crippen LogP) is 0.957. The second kappa shape index (κ2) is 25.6. The van der Waals surface area contributed by atoms with E-state index in [9.17, 15) is 33.9 Å². The maximum absolute atomic E-state index is 12.0. The van der Waals surface area contributed by atoms with Crippen molar-refractivity contribution in [2.24, 2.45) is 0 Å². The Morgan fingerprint density at radius 2 is 1.27 bits per heavy atom. The molecule has 0 bridgehead atoms. The van der Waals surface area contributed by atoms with Crippen LogP contribution in [0.4, 0.5) is 0 Å². The number of nitrogens with one attached hydrogen (secondary N) is 3. The highest BCUT2D eigenvalue weighted by Gasteiger charge is 2.28. The van der Waals surface area contributed by atoms with E-state index in [0.717, 1.165) is 23.0 Å². The van der Waals surface area contributed by atoms with Crippen molar-refractivity contribution >= 4 is 57.2 Å². The Hall–Kier alpha value is -2.60. The van der Waals surface area contributed by atoms with E-state index in [1.54, 1.807) is 0 Å². The molecule has 258 valence electrons. The minimum Gasteiger partial charge on any atom is -0.480 e. The number of nitrogens with zero attached hydrogens (tertiary/aromatic N) is 1. The number of amides is 3. The molecule has 0 aliphatic carbocycles. The van der Waals surface area contributed by atoms with E-state index in [-0.39, 0.29) is 56.7 Å². The Balaban J connectivity index is 1.97. The van der Waals surface area contributed by atoms with Crippen LogP contribution in [0.2, 0.25) is 0 Å². The van der Waals surface area contributed by atoms with Crippen LogP contribution >= 0.6 is 21.6 Å². The molecule has 0 spiro atoms. The average Bonchev–Trinajstić information content (AvgIpc) is 3.49. The highest BCUT2D eigenvalue weighted by Crippen LogP contribution is 2.39. The number of ether oxygens (including phenoxy) is 2. The zero-order valence-corrected chi connectivity index (χ0v) is 27.3. The maximum Gasteiger partial charge on any atom is 0.320 e. The van der Waals surface area contributed by atoms with Crippen LogP contribution in [0.1, 0.15) is 64.2 Å². The van der Waals surface area contributed by atoms with Gasteiger partial charge in [0.1, 0.15) is 6.04 Å². The number of carbonyl (C=O) groups excluding carboxylic acids is 3. The first kappa shape index (κ1) is 40.4. The SMILES string of the molecule is O=C(O)CN(CC(=O)O)C(CCCCNC(=O)CCC(=O)NCCOCCOCCNC(=O)CCCCC1CCSS1)C(=O)O. The van der Waals surface area contributed by atoms with Gasteiger partial charge in [0, 0.05) is 49.9 Å². The van der Waals surface area contributed by atoms with E-state index in [1.807, 2.05) is 21.6 Å². The van der Waals surface area contributed by atoms with Gasteiger partial charge in [-0.25, -0.2) is 0 Å². The van der Waals surface area contributed by atoms with Gasteiger partial charge in [-0.3, -0.25) is 33.7 Å². The van der Waals surface area contributed by atoms with Gasteiger partial charge in [-0.05, 0) is 38.5 Å². The van der Waals surface area contributed by atoms with E-state index in [0.29, 0.717) is 45.6 Å². The molecule has 1 rings (SSSR count). The summed E-state index contributed by atoms with van der Waals surface area (Å²) in [4.78, 5) is 70.1. The number of carboxylic acids is 3. The van der Waals surface area contributed by atoms with Crippen molar-refractivity contribution in [2.45, 2.75) is 75.5 Å². The van der Waals surface area contributed by atoms with Crippen molar-refractivity contribution in [3.63, 3.8) is 0 Å². The molecule has 1 aliphatic heterocycles. The first-order chi connectivity index (χ1) is 21.6. The fourth-order valence-electron chi connectivity index (χ4n) is 4.34. The lowest BCUT2D eigenvalue weighted by atomic mass is 10.1. The van der Waals surface area contributed by atoms with Crippen molar-refractivity contribution < 1.29 is 53.6 Å². The van der Waals surface area contributed by atoms with Crippen LogP contribution in [0.25, 0.3) is 0 Å². The quantitative estimate of drug-likeness (QED) is 0.0501. The van der Waals surface area contributed by atoms with E-state index < -0.39 is 37.0 Å². The van der Waals surface area contributed by atoms with E-state index in [1.165, 1.54) is 18.6 Å². The van der Waals surface area contributed by atoms with Crippen LogP contribution in [-0.4, -0.2) is 132 Å². The molecule has 1 heterocycles. The molecule has 0 aromatic heterocycles. The van der Waals surface area contributed by atoms with E-state index >= 15 is 0 Å². The zero-order chi connectivity index (χ0) is 33.3. The molecule has 2 unspecified atom stereocenters. The van der Waals surface area contributed by atoms with Gasteiger partial charge in [-0.15, -0.1) is 0 Å². The highest BCUT2D eigenvalue weighted by atomic mass is 33.1. The number of hydrogen-bond acceptors (Lipinski definition) is 11. The number of carbonyl (C=O) groups is 6. The molecule has 0 aromatic carbocycles. The predicted molar refractivity (Wildman–Crippen MR) is 169 cm³/mol. The van der Waals surface area contributed by atoms with Crippen molar-refractivity contribution in [2.75, 3.05) is 64.9 Å². The van der Waals surface area contributed by atoms with Crippen LogP contribution in [0, 0.1) is 0 Å². The van der Waals surface area contributed by atoms with Gasteiger partial charge >= 0.3 is 17.9 Å². The maximum atomic E-state index is 12.0. The van der Waals surface area contributed by atoms with Crippen molar-refractivity contribution in [3.8, 4) is 0 Å². The van der Waals surface area contributed by atoms with Crippen LogP contribution in [0.5, 0.6) is 0 Å². The summed E-state index contributed by atoms with van der Waals surface area (Å²) in [5.74, 6) is -3.37. The molecular formula is C28H48N4O11S2. The topological polar surface area (TPSA) is 221 Å². The molecule has 1 saturated heterocycles. The molecule has 6 N–H and O–H groups in total. The van der Waals surface area contributed by atoms with Crippen molar-refractivity contribution in [1.82, 2.24) is 20.9 Å². The van der Waals surface area contributed by atoms with Gasteiger partial charge in [0.25, 0.3) is 0 Å². The number of aliphatic carboxylic acids is 3. The van der Waals surface area contributed by atoms with Crippen molar-refractivity contribution in [3.05, 3.63) is 0 Å². The van der Waals surface area contributed by atoms with Crippen LogP contribution in [0.3, 0.4) is 0 Å². The Bertz CT molecular complexity index is 907. The second-order valence-corrected chi connectivity index (χ2v) is 13.2. The molecule has 45 heavy (non-hydrogen) atoms. The monoisotopic (exact) mass is 680 g/mol. The van der Waals surface area contributed by atoms with Crippen LogP contribution < -0.4 is 16.0 Å². The number of carboxylic acid groups (broad SMARTS) is 3. The molecule has 1 fully saturated rings. The minimum atomic E-state index is -1.33. The van der Waals surface area contributed by atoms with Gasteiger partial charge in [-0.1, -0.05) is 28.0 Å². The summed E-state index contributed by atoms with van der Waals surface area (Å²) in [6, 6.07) is -1.28. The Kier molecular flexibility index (Phi) is 23.0. The lowest BCUT2D eigenvalue weighted by molar-refractivity contribution is -0.149. The summed E-state index contributed by atoms with van der Waals surface area (Å²) in [5, 5.41) is 36.1. The fourth-order valence-corrected chi connectivity index (χ4v) is 7.37. The normalized spacial score (nSPS) is 15.0. The lowest BCUT2D eigenvalue weighted by Gasteiger charge is -2.25. The summed E-state index contributed by atoms with van der Waals surface area (Å²) < 4.78 is 10.8. The average molecular weight is 681 g/mol. The van der Waals surface area contributed by atoms with Gasteiger partial charge < -0.3 is 40.7 Å². The molecular weight excluding hydrogens is 632 g/mol. The highest BCUT2D eigenvalue weighted by molar-refractivity contribution is 8.77. The van der Waals surface area contributed by atoms with Crippen LogP contribution in [0.15, 0.2) is 0 Å². The first-order valence-electron chi connectivity index (χ1n) is 15.2. The largest absolute Gasteiger partial charge is 0.480 e. The molecule has 15 nitrogen and oxygen atoms in total. The molecule has 0 radical (unpaired) electrons. The third-order valence-electron chi connectivity index (χ3n) is 6.62. The van der Waals surface area contributed by atoms with E-state index in [2.05, 4.69) is 16.0 Å². The third-order valence-corrected chi connectivity index (χ3v) is 9.63. The van der Waals surface area contributed by atoms with E-state index in [4.69, 9.17) is 19.7 Å². The number of hydrogen-bond donors (Lipinski definition) is 6. The molecule has 17 heteroatoms.